The van der Waals surface area contributed by atoms with Gasteiger partial charge in [0.05, 0.1) is 12.7 Å². The summed E-state index contributed by atoms with van der Waals surface area (Å²) < 4.78 is 4.79. The molecule has 1 aromatic carbocycles. The van der Waals surface area contributed by atoms with E-state index in [2.05, 4.69) is 26.1 Å². The maximum Gasteiger partial charge on any atom is 0.338 e. The summed E-state index contributed by atoms with van der Waals surface area (Å²) in [6.07, 6.45) is 0.684. The van der Waals surface area contributed by atoms with Crippen molar-refractivity contribution < 1.29 is 14.6 Å². The lowest BCUT2D eigenvalue weighted by molar-refractivity contribution is 0.0599. The minimum Gasteiger partial charge on any atom is -0.465 e. The van der Waals surface area contributed by atoms with Crippen molar-refractivity contribution in [2.75, 3.05) is 13.7 Å². The molecule has 0 radical (unpaired) electrons. The van der Waals surface area contributed by atoms with Crippen LogP contribution in [0.5, 0.6) is 0 Å². The zero-order valence-electron chi connectivity index (χ0n) is 12.8. The molecule has 1 unspecified atom stereocenters. The highest BCUT2D eigenvalue weighted by Crippen LogP contribution is 2.22. The van der Waals surface area contributed by atoms with Crippen LogP contribution in [-0.2, 0) is 11.3 Å². The Balaban J connectivity index is 2.80. The van der Waals surface area contributed by atoms with Gasteiger partial charge in [0.15, 0.2) is 0 Å². The fraction of sp³-hybridized carbons (Fsp3) is 0.562. The number of rotatable bonds is 6. The summed E-state index contributed by atoms with van der Waals surface area (Å²) >= 11 is 0. The molecular weight excluding hydrogens is 254 g/mol. The summed E-state index contributed by atoms with van der Waals surface area (Å²) in [6, 6.07) is 7.59. The number of nitrogens with one attached hydrogen (secondary N) is 1. The molecule has 0 saturated heterocycles. The fourth-order valence-electron chi connectivity index (χ4n) is 2.19. The minimum absolute atomic E-state index is 0.0446. The summed E-state index contributed by atoms with van der Waals surface area (Å²) in [4.78, 5) is 11.7. The Morgan fingerprint density at radius 3 is 2.55 bits per heavy atom. The average Bonchev–Trinajstić information content (AvgIpc) is 2.41. The van der Waals surface area contributed by atoms with Crippen LogP contribution in [0.15, 0.2) is 24.3 Å². The van der Waals surface area contributed by atoms with E-state index in [9.17, 15) is 4.79 Å². The second-order valence-corrected chi connectivity index (χ2v) is 5.96. The molecule has 2 N–H and O–H groups in total. The molecule has 0 saturated carbocycles. The first-order chi connectivity index (χ1) is 9.40. The number of aliphatic hydroxyl groups excluding tert-OH is 1. The number of methoxy groups -OCH3 is 1. The Kier molecular flexibility index (Phi) is 6.17. The smallest absolute Gasteiger partial charge is 0.338 e. The minimum atomic E-state index is -0.322. The highest BCUT2D eigenvalue weighted by atomic mass is 16.5. The largest absolute Gasteiger partial charge is 0.465 e. The van der Waals surface area contributed by atoms with Crippen LogP contribution in [0.2, 0.25) is 0 Å². The Labute approximate surface area is 121 Å². The van der Waals surface area contributed by atoms with Crippen LogP contribution < -0.4 is 5.32 Å². The maximum atomic E-state index is 11.7. The van der Waals surface area contributed by atoms with Crippen LogP contribution in [0.1, 0.15) is 43.1 Å². The van der Waals surface area contributed by atoms with Gasteiger partial charge in [-0.2, -0.15) is 0 Å². The van der Waals surface area contributed by atoms with E-state index in [1.54, 1.807) is 6.07 Å². The Bertz CT molecular complexity index is 438. The van der Waals surface area contributed by atoms with Gasteiger partial charge in [-0.3, -0.25) is 0 Å². The van der Waals surface area contributed by atoms with Gasteiger partial charge in [-0.1, -0.05) is 39.0 Å². The first-order valence-corrected chi connectivity index (χ1v) is 6.90. The molecule has 0 aliphatic heterocycles. The Hall–Kier alpha value is -1.39. The zero-order chi connectivity index (χ0) is 15.2. The van der Waals surface area contributed by atoms with Crippen molar-refractivity contribution in [3.05, 3.63) is 35.4 Å². The summed E-state index contributed by atoms with van der Waals surface area (Å²) in [7, 11) is 1.39. The molecule has 0 bridgehead atoms. The lowest BCUT2D eigenvalue weighted by atomic mass is 9.84. The molecule has 4 heteroatoms. The zero-order valence-corrected chi connectivity index (χ0v) is 12.8. The lowest BCUT2D eigenvalue weighted by Gasteiger charge is -2.31. The molecule has 0 heterocycles. The molecule has 0 fully saturated rings. The number of carbonyl (C=O) groups is 1. The van der Waals surface area contributed by atoms with E-state index in [-0.39, 0.29) is 24.0 Å². The van der Waals surface area contributed by atoms with Crippen LogP contribution in [0, 0.1) is 5.41 Å². The molecule has 0 amide bonds. The van der Waals surface area contributed by atoms with E-state index in [0.717, 1.165) is 5.56 Å². The highest BCUT2D eigenvalue weighted by Gasteiger charge is 2.24. The SMILES string of the molecule is COC(=O)c1ccccc1CNC(CCO)C(C)(C)C. The van der Waals surface area contributed by atoms with Crippen molar-refractivity contribution in [3.8, 4) is 0 Å². The van der Waals surface area contributed by atoms with Gasteiger partial charge in [0.1, 0.15) is 0 Å². The molecular formula is C16H25NO3. The molecule has 0 aliphatic rings. The predicted molar refractivity (Wildman–Crippen MR) is 79.6 cm³/mol. The molecule has 20 heavy (non-hydrogen) atoms. The number of benzene rings is 1. The summed E-state index contributed by atoms with van der Waals surface area (Å²) in [5.41, 5.74) is 1.54. The second-order valence-electron chi connectivity index (χ2n) is 5.96. The quantitative estimate of drug-likeness (QED) is 0.785. The molecule has 0 aliphatic carbocycles. The van der Waals surface area contributed by atoms with Crippen LogP contribution in [-0.4, -0.2) is 30.8 Å². The van der Waals surface area contributed by atoms with Gasteiger partial charge in [0.2, 0.25) is 0 Å². The molecule has 1 aromatic rings. The summed E-state index contributed by atoms with van der Waals surface area (Å²) in [5, 5.41) is 12.6. The fourth-order valence-corrected chi connectivity index (χ4v) is 2.19. The normalized spacial score (nSPS) is 13.1. The van der Waals surface area contributed by atoms with Crippen molar-refractivity contribution in [2.45, 2.75) is 39.8 Å². The third-order valence-corrected chi connectivity index (χ3v) is 3.42. The van der Waals surface area contributed by atoms with Crippen molar-refractivity contribution in [3.63, 3.8) is 0 Å². The molecule has 1 atom stereocenters. The van der Waals surface area contributed by atoms with Crippen LogP contribution in [0.4, 0.5) is 0 Å². The monoisotopic (exact) mass is 279 g/mol. The van der Waals surface area contributed by atoms with E-state index in [0.29, 0.717) is 18.5 Å². The summed E-state index contributed by atoms with van der Waals surface area (Å²) in [5.74, 6) is -0.322. The molecule has 0 spiro atoms. The van der Waals surface area contributed by atoms with Crippen LogP contribution in [0.25, 0.3) is 0 Å². The van der Waals surface area contributed by atoms with Gasteiger partial charge in [-0.05, 0) is 23.5 Å². The lowest BCUT2D eigenvalue weighted by Crippen LogP contribution is -2.40. The first-order valence-electron chi connectivity index (χ1n) is 6.90. The number of hydrogen-bond acceptors (Lipinski definition) is 4. The Morgan fingerprint density at radius 2 is 2.00 bits per heavy atom. The molecule has 4 nitrogen and oxygen atoms in total. The van der Waals surface area contributed by atoms with Gasteiger partial charge < -0.3 is 15.2 Å². The molecule has 1 rings (SSSR count). The van der Waals surface area contributed by atoms with E-state index in [4.69, 9.17) is 9.84 Å². The summed E-state index contributed by atoms with van der Waals surface area (Å²) in [6.45, 7) is 7.12. The van der Waals surface area contributed by atoms with Crippen LogP contribution >= 0.6 is 0 Å². The van der Waals surface area contributed by atoms with Crippen molar-refractivity contribution in [2.24, 2.45) is 5.41 Å². The predicted octanol–water partition coefficient (Wildman–Crippen LogP) is 2.36. The van der Waals surface area contributed by atoms with Crippen LogP contribution in [0.3, 0.4) is 0 Å². The first kappa shape index (κ1) is 16.7. The van der Waals surface area contributed by atoms with Gasteiger partial charge in [-0.25, -0.2) is 4.79 Å². The third kappa shape index (κ3) is 4.62. The van der Waals surface area contributed by atoms with Gasteiger partial charge in [-0.15, -0.1) is 0 Å². The van der Waals surface area contributed by atoms with E-state index < -0.39 is 0 Å². The average molecular weight is 279 g/mol. The van der Waals surface area contributed by atoms with Gasteiger partial charge in [0, 0.05) is 19.2 Å². The van der Waals surface area contributed by atoms with E-state index >= 15 is 0 Å². The number of esters is 1. The topological polar surface area (TPSA) is 58.6 Å². The van der Waals surface area contributed by atoms with Crippen molar-refractivity contribution >= 4 is 5.97 Å². The number of hydrogen-bond donors (Lipinski definition) is 2. The van der Waals surface area contributed by atoms with Crippen molar-refractivity contribution in [1.29, 1.82) is 0 Å². The standard InChI is InChI=1S/C16H25NO3/c1-16(2,3)14(9-10-18)17-11-12-7-5-6-8-13(12)15(19)20-4/h5-8,14,17-18H,9-11H2,1-4H3. The Morgan fingerprint density at radius 1 is 1.35 bits per heavy atom. The van der Waals surface area contributed by atoms with E-state index in [1.165, 1.54) is 7.11 Å². The highest BCUT2D eigenvalue weighted by molar-refractivity contribution is 5.90. The molecule has 0 aromatic heterocycles. The number of ether oxygens (including phenoxy) is 1. The number of carbonyl (C=O) groups excluding carboxylic acids is 1. The van der Waals surface area contributed by atoms with Gasteiger partial charge >= 0.3 is 5.97 Å². The third-order valence-electron chi connectivity index (χ3n) is 3.42. The molecule has 112 valence electrons. The number of aliphatic hydroxyl groups is 1. The van der Waals surface area contributed by atoms with E-state index in [1.807, 2.05) is 18.2 Å². The van der Waals surface area contributed by atoms with Gasteiger partial charge in [0.25, 0.3) is 0 Å². The second kappa shape index (κ2) is 7.41. The van der Waals surface area contributed by atoms with Crippen molar-refractivity contribution in [1.82, 2.24) is 5.32 Å². The maximum absolute atomic E-state index is 11.7.